The maximum atomic E-state index is 12.5. The molecule has 0 saturated carbocycles. The number of carbonyl (C=O) groups excluding carboxylic acids is 2. The van der Waals surface area contributed by atoms with Crippen LogP contribution in [-0.2, 0) is 4.79 Å². The highest BCUT2D eigenvalue weighted by molar-refractivity contribution is 6.30. The summed E-state index contributed by atoms with van der Waals surface area (Å²) in [7, 11) is 0. The molecule has 0 aliphatic heterocycles. The van der Waals surface area contributed by atoms with Gasteiger partial charge in [0.2, 0.25) is 5.91 Å². The number of carbonyl (C=O) groups is 2. The van der Waals surface area contributed by atoms with Crippen LogP contribution in [0.1, 0.15) is 30.2 Å². The van der Waals surface area contributed by atoms with Crippen molar-refractivity contribution in [2.24, 2.45) is 0 Å². The number of rotatable bonds is 4. The van der Waals surface area contributed by atoms with Gasteiger partial charge in [-0.1, -0.05) is 11.6 Å². The Morgan fingerprint density at radius 1 is 1.16 bits per heavy atom. The number of halogens is 1. The van der Waals surface area contributed by atoms with Gasteiger partial charge in [0, 0.05) is 16.3 Å². The first kappa shape index (κ1) is 17.0. The second kappa shape index (κ2) is 6.57. The summed E-state index contributed by atoms with van der Waals surface area (Å²) in [6, 6.07) is 10.6. The molecule has 2 aromatic carbocycles. The predicted molar refractivity (Wildman–Crippen MR) is 95.3 cm³/mol. The lowest BCUT2D eigenvalue weighted by molar-refractivity contribution is -0.118. The lowest BCUT2D eigenvalue weighted by atomic mass is 10.1. The standard InChI is InChI=1S/C18H15ClN2O4/c1-10(17(23)20-14-6-4-13(19)5-7-14)21-15-8-3-12(11(2)22)9-16(15)25-18(21)24/h3-10H,1-2H3,(H,20,23). The summed E-state index contributed by atoms with van der Waals surface area (Å²) in [5.41, 5.74) is 1.73. The van der Waals surface area contributed by atoms with Gasteiger partial charge in [0.25, 0.3) is 0 Å². The summed E-state index contributed by atoms with van der Waals surface area (Å²) in [4.78, 5) is 36.1. The lowest BCUT2D eigenvalue weighted by Gasteiger charge is -2.13. The third kappa shape index (κ3) is 3.34. The van der Waals surface area contributed by atoms with Crippen LogP contribution in [0.2, 0.25) is 5.02 Å². The second-order valence-electron chi connectivity index (χ2n) is 5.65. The number of nitrogens with zero attached hydrogens (tertiary/aromatic N) is 1. The molecule has 1 atom stereocenters. The van der Waals surface area contributed by atoms with Crippen molar-refractivity contribution in [2.45, 2.75) is 19.9 Å². The minimum atomic E-state index is -0.799. The van der Waals surface area contributed by atoms with Crippen LogP contribution >= 0.6 is 11.6 Å². The molecule has 1 aromatic heterocycles. The molecule has 0 bridgehead atoms. The van der Waals surface area contributed by atoms with E-state index in [2.05, 4.69) is 5.32 Å². The third-order valence-electron chi connectivity index (χ3n) is 3.90. The summed E-state index contributed by atoms with van der Waals surface area (Å²) >= 11 is 5.82. The van der Waals surface area contributed by atoms with Gasteiger partial charge in [0.05, 0.1) is 5.52 Å². The zero-order valence-corrected chi connectivity index (χ0v) is 14.3. The first-order valence-corrected chi connectivity index (χ1v) is 7.97. The van der Waals surface area contributed by atoms with Gasteiger partial charge in [-0.3, -0.25) is 14.2 Å². The highest BCUT2D eigenvalue weighted by Gasteiger charge is 2.22. The van der Waals surface area contributed by atoms with Gasteiger partial charge in [-0.2, -0.15) is 0 Å². The van der Waals surface area contributed by atoms with E-state index in [-0.39, 0.29) is 17.3 Å². The van der Waals surface area contributed by atoms with Gasteiger partial charge in [-0.15, -0.1) is 0 Å². The Bertz CT molecular complexity index is 1020. The van der Waals surface area contributed by atoms with E-state index in [4.69, 9.17) is 16.0 Å². The zero-order chi connectivity index (χ0) is 18.1. The number of hydrogen-bond donors (Lipinski definition) is 1. The first-order chi connectivity index (χ1) is 11.9. The van der Waals surface area contributed by atoms with Crippen molar-refractivity contribution in [1.29, 1.82) is 0 Å². The minimum absolute atomic E-state index is 0.133. The number of ketones is 1. The molecule has 128 valence electrons. The smallest absolute Gasteiger partial charge is 0.408 e. The van der Waals surface area contributed by atoms with Crippen LogP contribution in [0.15, 0.2) is 51.7 Å². The summed E-state index contributed by atoms with van der Waals surface area (Å²) in [5, 5.41) is 3.29. The molecule has 1 unspecified atom stereocenters. The van der Waals surface area contributed by atoms with Crippen LogP contribution in [0.5, 0.6) is 0 Å². The molecule has 0 fully saturated rings. The largest absolute Gasteiger partial charge is 0.420 e. The summed E-state index contributed by atoms with van der Waals surface area (Å²) in [6.45, 7) is 3.03. The van der Waals surface area contributed by atoms with Crippen LogP contribution in [0, 0.1) is 0 Å². The average molecular weight is 359 g/mol. The number of amides is 1. The van der Waals surface area contributed by atoms with E-state index in [1.807, 2.05) is 0 Å². The van der Waals surface area contributed by atoms with Gasteiger partial charge >= 0.3 is 5.76 Å². The van der Waals surface area contributed by atoms with Gasteiger partial charge in [-0.25, -0.2) is 4.79 Å². The number of anilines is 1. The SMILES string of the molecule is CC(=O)c1ccc2c(c1)oc(=O)n2C(C)C(=O)Nc1ccc(Cl)cc1. The Hall–Kier alpha value is -2.86. The number of aromatic nitrogens is 1. The van der Waals surface area contributed by atoms with E-state index < -0.39 is 11.8 Å². The van der Waals surface area contributed by atoms with Crippen LogP contribution in [0.3, 0.4) is 0 Å². The minimum Gasteiger partial charge on any atom is -0.408 e. The van der Waals surface area contributed by atoms with E-state index in [1.165, 1.54) is 17.6 Å². The van der Waals surface area contributed by atoms with Crippen LogP contribution in [-0.4, -0.2) is 16.3 Å². The number of oxazole rings is 1. The molecule has 6 nitrogen and oxygen atoms in total. The fourth-order valence-electron chi connectivity index (χ4n) is 2.52. The van der Waals surface area contributed by atoms with E-state index in [9.17, 15) is 14.4 Å². The van der Waals surface area contributed by atoms with Crippen molar-refractivity contribution in [3.05, 3.63) is 63.6 Å². The van der Waals surface area contributed by atoms with Crippen molar-refractivity contribution in [3.63, 3.8) is 0 Å². The van der Waals surface area contributed by atoms with Gasteiger partial charge in [0.1, 0.15) is 6.04 Å². The molecule has 1 N–H and O–H groups in total. The molecule has 0 saturated heterocycles. The molecule has 1 heterocycles. The van der Waals surface area contributed by atoms with Crippen LogP contribution in [0.25, 0.3) is 11.1 Å². The molecule has 3 aromatic rings. The monoisotopic (exact) mass is 358 g/mol. The zero-order valence-electron chi connectivity index (χ0n) is 13.6. The lowest BCUT2D eigenvalue weighted by Crippen LogP contribution is -2.29. The van der Waals surface area contributed by atoms with Crippen LogP contribution in [0.4, 0.5) is 5.69 Å². The number of benzene rings is 2. The maximum absolute atomic E-state index is 12.5. The number of Topliss-reactive ketones (excluding diaryl/α,β-unsaturated/α-hetero) is 1. The molecule has 7 heteroatoms. The Morgan fingerprint density at radius 3 is 2.48 bits per heavy atom. The van der Waals surface area contributed by atoms with Gasteiger partial charge < -0.3 is 9.73 Å². The Labute approximate surface area is 148 Å². The molecule has 0 aliphatic carbocycles. The Morgan fingerprint density at radius 2 is 1.84 bits per heavy atom. The quantitative estimate of drug-likeness (QED) is 0.722. The Balaban J connectivity index is 1.93. The van der Waals surface area contributed by atoms with E-state index in [0.717, 1.165) is 0 Å². The summed E-state index contributed by atoms with van der Waals surface area (Å²) in [5.74, 6) is -1.16. The van der Waals surface area contributed by atoms with Crippen molar-refractivity contribution in [2.75, 3.05) is 5.32 Å². The van der Waals surface area contributed by atoms with Crippen molar-refractivity contribution < 1.29 is 14.0 Å². The highest BCUT2D eigenvalue weighted by Crippen LogP contribution is 2.21. The average Bonchev–Trinajstić information content (AvgIpc) is 2.90. The number of hydrogen-bond acceptors (Lipinski definition) is 4. The van der Waals surface area contributed by atoms with Gasteiger partial charge in [-0.05, 0) is 56.3 Å². The fourth-order valence-corrected chi connectivity index (χ4v) is 2.65. The molecule has 1 amide bonds. The van der Waals surface area contributed by atoms with Crippen molar-refractivity contribution >= 4 is 40.1 Å². The number of nitrogens with one attached hydrogen (secondary N) is 1. The fraction of sp³-hybridized carbons (Fsp3) is 0.167. The number of fused-ring (bicyclic) bond motifs is 1. The summed E-state index contributed by atoms with van der Waals surface area (Å²) < 4.78 is 6.44. The molecule has 3 rings (SSSR count). The first-order valence-electron chi connectivity index (χ1n) is 7.59. The molecule has 0 spiro atoms. The van der Waals surface area contributed by atoms with Crippen LogP contribution < -0.4 is 11.1 Å². The second-order valence-corrected chi connectivity index (χ2v) is 6.09. The third-order valence-corrected chi connectivity index (χ3v) is 4.15. The molecular formula is C18H15ClN2O4. The molecule has 25 heavy (non-hydrogen) atoms. The topological polar surface area (TPSA) is 81.3 Å². The van der Waals surface area contributed by atoms with E-state index in [0.29, 0.717) is 21.8 Å². The Kier molecular flexibility index (Phi) is 4.46. The molecule has 0 aliphatic rings. The molecular weight excluding hydrogens is 344 g/mol. The van der Waals surface area contributed by atoms with Gasteiger partial charge in [0.15, 0.2) is 11.4 Å². The summed E-state index contributed by atoms with van der Waals surface area (Å²) in [6.07, 6.45) is 0. The van der Waals surface area contributed by atoms with E-state index >= 15 is 0 Å². The molecule has 0 radical (unpaired) electrons. The van der Waals surface area contributed by atoms with Crippen molar-refractivity contribution in [3.8, 4) is 0 Å². The highest BCUT2D eigenvalue weighted by atomic mass is 35.5. The normalized spacial score (nSPS) is 12.1. The van der Waals surface area contributed by atoms with E-state index in [1.54, 1.807) is 43.3 Å². The predicted octanol–water partition coefficient (Wildman–Crippen LogP) is 3.65. The van der Waals surface area contributed by atoms with Crippen molar-refractivity contribution in [1.82, 2.24) is 4.57 Å². The maximum Gasteiger partial charge on any atom is 0.420 e.